The van der Waals surface area contributed by atoms with Crippen LogP contribution in [0.4, 0.5) is 15.6 Å². The minimum Gasteiger partial charge on any atom is -0.477 e. The Morgan fingerprint density at radius 3 is 2.48 bits per heavy atom. The highest BCUT2D eigenvalue weighted by Crippen LogP contribution is 2.43. The molecule has 0 radical (unpaired) electrons. The summed E-state index contributed by atoms with van der Waals surface area (Å²) in [6.45, 7) is 1.85. The molecule has 0 aliphatic heterocycles. The first-order valence-corrected chi connectivity index (χ1v) is 10.4. The number of urea groups is 1. The van der Waals surface area contributed by atoms with Gasteiger partial charge in [0.1, 0.15) is 4.88 Å². The van der Waals surface area contributed by atoms with E-state index in [0.29, 0.717) is 17.2 Å². The maximum Gasteiger partial charge on any atom is 0.348 e. The zero-order valence-electron chi connectivity index (χ0n) is 16.7. The number of carbonyl (C=O) groups is 3. The lowest BCUT2D eigenvalue weighted by Crippen LogP contribution is -2.32. The minimum absolute atomic E-state index is 0.0705. The smallest absolute Gasteiger partial charge is 0.348 e. The molecule has 0 spiro atoms. The molecule has 31 heavy (non-hydrogen) atoms. The van der Waals surface area contributed by atoms with Crippen LogP contribution in [-0.4, -0.2) is 28.0 Å². The number of carboxylic acids is 1. The summed E-state index contributed by atoms with van der Waals surface area (Å²) in [5.74, 6) is -1.37. The van der Waals surface area contributed by atoms with Crippen LogP contribution in [0.3, 0.4) is 0 Å². The molecule has 0 saturated heterocycles. The number of aryl methyl sites for hydroxylation is 1. The molecule has 1 fully saturated rings. The van der Waals surface area contributed by atoms with Crippen molar-refractivity contribution in [2.45, 2.75) is 25.7 Å². The Hall–Kier alpha value is -3.72. The molecule has 1 aliphatic carbocycles. The van der Waals surface area contributed by atoms with Gasteiger partial charge in [0.25, 0.3) is 0 Å². The molecule has 1 heterocycles. The van der Waals surface area contributed by atoms with E-state index in [1.807, 2.05) is 25.1 Å². The lowest BCUT2D eigenvalue weighted by Gasteiger charge is -2.20. The van der Waals surface area contributed by atoms with Crippen molar-refractivity contribution in [3.8, 4) is 11.3 Å². The van der Waals surface area contributed by atoms with Crippen molar-refractivity contribution < 1.29 is 19.5 Å². The summed E-state index contributed by atoms with van der Waals surface area (Å²) in [5.41, 5.74) is 14.3. The van der Waals surface area contributed by atoms with Crippen LogP contribution in [0, 0.1) is 6.92 Å². The number of carboxylic acid groups (broad SMARTS) is 1. The number of thiazole rings is 1. The lowest BCUT2D eigenvalue weighted by molar-refractivity contribution is 0.0702. The van der Waals surface area contributed by atoms with Crippen LogP contribution in [0.15, 0.2) is 42.5 Å². The molecule has 3 amide bonds. The molecule has 1 aliphatic rings. The Labute approximate surface area is 182 Å². The number of nitrogens with two attached hydrogens (primary N) is 2. The van der Waals surface area contributed by atoms with Gasteiger partial charge in [-0.05, 0) is 55.0 Å². The summed E-state index contributed by atoms with van der Waals surface area (Å²) in [4.78, 5) is 41.5. The standard InChI is InChI=1S/C22H20N4O4S/c1-11-5-6-13(12-7-8-12)10-16(11)26(21(24)30)22-25-17(18(31-22)20(28)29)14-3-2-4-15(9-14)19(23)27/h2-6,9-10,12H,7-8H2,1H3,(H2,23,27)(H2,24,30)(H,28,29). The second-order valence-electron chi connectivity index (χ2n) is 7.42. The van der Waals surface area contributed by atoms with Crippen molar-refractivity contribution in [3.05, 3.63) is 64.0 Å². The number of amides is 3. The number of anilines is 2. The molecule has 0 bridgehead atoms. The first kappa shape index (κ1) is 20.5. The highest BCUT2D eigenvalue weighted by molar-refractivity contribution is 7.18. The number of rotatable bonds is 6. The first-order chi connectivity index (χ1) is 14.8. The first-order valence-electron chi connectivity index (χ1n) is 9.60. The largest absolute Gasteiger partial charge is 0.477 e. The lowest BCUT2D eigenvalue weighted by atomic mass is 10.1. The van der Waals surface area contributed by atoms with Gasteiger partial charge in [0.15, 0.2) is 5.13 Å². The Morgan fingerprint density at radius 2 is 1.87 bits per heavy atom. The van der Waals surface area contributed by atoms with E-state index in [-0.39, 0.29) is 21.3 Å². The quantitative estimate of drug-likeness (QED) is 0.536. The van der Waals surface area contributed by atoms with Crippen LogP contribution < -0.4 is 16.4 Å². The van der Waals surface area contributed by atoms with Gasteiger partial charge in [0.2, 0.25) is 5.91 Å². The molecular weight excluding hydrogens is 416 g/mol. The maximum atomic E-state index is 12.4. The van der Waals surface area contributed by atoms with Gasteiger partial charge in [-0.2, -0.15) is 0 Å². The second-order valence-corrected chi connectivity index (χ2v) is 8.40. The van der Waals surface area contributed by atoms with E-state index in [4.69, 9.17) is 11.5 Å². The number of hydrogen-bond donors (Lipinski definition) is 3. The van der Waals surface area contributed by atoms with Gasteiger partial charge in [-0.3, -0.25) is 4.79 Å². The molecule has 5 N–H and O–H groups in total. The predicted octanol–water partition coefficient (Wildman–Crippen LogP) is 4.01. The third-order valence-corrected chi connectivity index (χ3v) is 6.19. The average molecular weight is 436 g/mol. The fourth-order valence-electron chi connectivity index (χ4n) is 3.42. The van der Waals surface area contributed by atoms with Gasteiger partial charge in [0.05, 0.1) is 11.4 Å². The van der Waals surface area contributed by atoms with Gasteiger partial charge < -0.3 is 16.6 Å². The topological polar surface area (TPSA) is 140 Å². The van der Waals surface area contributed by atoms with Crippen molar-refractivity contribution in [1.82, 2.24) is 4.98 Å². The average Bonchev–Trinajstić information content (AvgIpc) is 3.48. The molecule has 158 valence electrons. The van der Waals surface area contributed by atoms with Crippen molar-refractivity contribution >= 4 is 40.1 Å². The van der Waals surface area contributed by atoms with Crippen LogP contribution in [0.1, 0.15) is 49.9 Å². The summed E-state index contributed by atoms with van der Waals surface area (Å²) in [5, 5.41) is 9.87. The van der Waals surface area contributed by atoms with E-state index < -0.39 is 17.9 Å². The van der Waals surface area contributed by atoms with Crippen LogP contribution >= 0.6 is 11.3 Å². The molecule has 2 aromatic carbocycles. The Kier molecular flexibility index (Phi) is 5.20. The molecular formula is C22H20N4O4S. The number of aromatic carboxylic acids is 1. The molecule has 1 aromatic heterocycles. The second kappa shape index (κ2) is 7.84. The molecule has 0 atom stereocenters. The highest BCUT2D eigenvalue weighted by Gasteiger charge is 2.29. The molecule has 8 nitrogen and oxygen atoms in total. The Bertz CT molecular complexity index is 1220. The van der Waals surface area contributed by atoms with Crippen molar-refractivity contribution in [2.75, 3.05) is 4.90 Å². The summed E-state index contributed by atoms with van der Waals surface area (Å²) in [6.07, 6.45) is 2.19. The zero-order chi connectivity index (χ0) is 22.3. The summed E-state index contributed by atoms with van der Waals surface area (Å²) >= 11 is 0.845. The summed E-state index contributed by atoms with van der Waals surface area (Å²) < 4.78 is 0. The van der Waals surface area contributed by atoms with E-state index in [9.17, 15) is 19.5 Å². The van der Waals surface area contributed by atoms with Crippen LogP contribution in [0.5, 0.6) is 0 Å². The van der Waals surface area contributed by atoms with E-state index in [0.717, 1.165) is 35.3 Å². The predicted molar refractivity (Wildman–Crippen MR) is 118 cm³/mol. The van der Waals surface area contributed by atoms with Gasteiger partial charge >= 0.3 is 12.0 Å². The van der Waals surface area contributed by atoms with Crippen LogP contribution in [0.25, 0.3) is 11.3 Å². The van der Waals surface area contributed by atoms with Crippen molar-refractivity contribution in [3.63, 3.8) is 0 Å². The molecule has 3 aromatic rings. The third-order valence-electron chi connectivity index (χ3n) is 5.17. The van der Waals surface area contributed by atoms with E-state index >= 15 is 0 Å². The number of aromatic nitrogens is 1. The van der Waals surface area contributed by atoms with E-state index in [2.05, 4.69) is 4.98 Å². The number of carbonyl (C=O) groups excluding carboxylic acids is 2. The van der Waals surface area contributed by atoms with Crippen molar-refractivity contribution in [2.24, 2.45) is 11.5 Å². The number of nitrogens with zero attached hydrogens (tertiary/aromatic N) is 2. The number of primary amides is 2. The molecule has 0 unspecified atom stereocenters. The monoisotopic (exact) mass is 436 g/mol. The van der Waals surface area contributed by atoms with Crippen LogP contribution in [0.2, 0.25) is 0 Å². The van der Waals surface area contributed by atoms with E-state index in [1.54, 1.807) is 12.1 Å². The van der Waals surface area contributed by atoms with Gasteiger partial charge in [0, 0.05) is 11.1 Å². The summed E-state index contributed by atoms with van der Waals surface area (Å²) in [6, 6.07) is 11.3. The summed E-state index contributed by atoms with van der Waals surface area (Å²) in [7, 11) is 0. The van der Waals surface area contributed by atoms with Crippen molar-refractivity contribution in [1.29, 1.82) is 0 Å². The Morgan fingerprint density at radius 1 is 1.13 bits per heavy atom. The van der Waals surface area contributed by atoms with Crippen LogP contribution in [-0.2, 0) is 0 Å². The molecule has 9 heteroatoms. The number of benzene rings is 2. The molecule has 1 saturated carbocycles. The maximum absolute atomic E-state index is 12.4. The normalized spacial score (nSPS) is 13.1. The Balaban J connectivity index is 1.85. The van der Waals surface area contributed by atoms with Gasteiger partial charge in [-0.25, -0.2) is 19.5 Å². The fourth-order valence-corrected chi connectivity index (χ4v) is 4.37. The zero-order valence-corrected chi connectivity index (χ0v) is 17.5. The SMILES string of the molecule is Cc1ccc(C2CC2)cc1N(C(N)=O)c1nc(-c2cccc(C(N)=O)c2)c(C(=O)O)s1. The highest BCUT2D eigenvalue weighted by atomic mass is 32.1. The van der Waals surface area contributed by atoms with Gasteiger partial charge in [-0.15, -0.1) is 0 Å². The van der Waals surface area contributed by atoms with Gasteiger partial charge in [-0.1, -0.05) is 35.6 Å². The third kappa shape index (κ3) is 3.99. The fraction of sp³-hybridized carbons (Fsp3) is 0.182. The van der Waals surface area contributed by atoms with E-state index in [1.165, 1.54) is 17.0 Å². The molecule has 4 rings (SSSR count). The minimum atomic E-state index is -1.20. The number of hydrogen-bond acceptors (Lipinski definition) is 5.